The third-order valence-corrected chi connectivity index (χ3v) is 5.73. The van der Waals surface area contributed by atoms with Crippen LogP contribution in [0.1, 0.15) is 34.6 Å². The van der Waals surface area contributed by atoms with Gasteiger partial charge in [0.15, 0.2) is 0 Å². The normalized spacial score (nSPS) is 12.6. The lowest BCUT2D eigenvalue weighted by molar-refractivity contribution is 0.143. The summed E-state index contributed by atoms with van der Waals surface area (Å²) in [6, 6.07) is 19.9. The summed E-state index contributed by atoms with van der Waals surface area (Å²) >= 11 is 6.04. The average molecular weight is 434 g/mol. The topological polar surface area (TPSA) is 58.6 Å². The van der Waals surface area contributed by atoms with E-state index in [1.54, 1.807) is 25.1 Å². The Bertz CT molecular complexity index is 1090. The third-order valence-electron chi connectivity index (χ3n) is 5.52. The smallest absolute Gasteiger partial charge is 0.407 e. The number of rotatable bonds is 6. The van der Waals surface area contributed by atoms with Crippen molar-refractivity contribution >= 4 is 23.8 Å². The fourth-order valence-electron chi connectivity index (χ4n) is 4.01. The molecule has 1 aliphatic rings. The minimum atomic E-state index is -0.434. The average Bonchev–Trinajstić information content (AvgIpc) is 3.09. The van der Waals surface area contributed by atoms with Crippen molar-refractivity contribution in [2.75, 3.05) is 13.2 Å². The lowest BCUT2D eigenvalue weighted by atomic mass is 9.98. The molecule has 31 heavy (non-hydrogen) atoms. The summed E-state index contributed by atoms with van der Waals surface area (Å²) in [7, 11) is 0. The largest absolute Gasteiger partial charge is 0.507 e. The van der Waals surface area contributed by atoms with Crippen LogP contribution in [-0.4, -0.2) is 24.4 Å². The van der Waals surface area contributed by atoms with Crippen molar-refractivity contribution in [2.24, 2.45) is 0 Å². The summed E-state index contributed by atoms with van der Waals surface area (Å²) in [4.78, 5) is 12.2. The molecule has 4 rings (SSSR count). The molecule has 1 amide bonds. The number of alkyl carbamates (subject to hydrolysis) is 1. The summed E-state index contributed by atoms with van der Waals surface area (Å²) in [6.07, 6.45) is 3.86. The van der Waals surface area contributed by atoms with E-state index in [1.807, 2.05) is 30.3 Å². The Balaban J connectivity index is 1.29. The van der Waals surface area contributed by atoms with Gasteiger partial charge in [-0.15, -0.1) is 0 Å². The quantitative estimate of drug-likeness (QED) is 0.449. The molecule has 3 aromatic carbocycles. The summed E-state index contributed by atoms with van der Waals surface area (Å²) in [5.74, 6) is 0.261. The van der Waals surface area contributed by atoms with E-state index in [0.29, 0.717) is 30.2 Å². The molecule has 0 atom stereocenters. The van der Waals surface area contributed by atoms with E-state index < -0.39 is 6.09 Å². The molecule has 0 radical (unpaired) electrons. The van der Waals surface area contributed by atoms with Crippen LogP contribution in [0.5, 0.6) is 5.75 Å². The zero-order chi connectivity index (χ0) is 21.8. The number of hydrogen-bond donors (Lipinski definition) is 2. The van der Waals surface area contributed by atoms with E-state index in [0.717, 1.165) is 5.56 Å². The fraction of sp³-hybridized carbons (Fsp3) is 0.192. The first-order chi connectivity index (χ1) is 15.0. The molecule has 2 N–H and O–H groups in total. The third kappa shape index (κ3) is 4.59. The van der Waals surface area contributed by atoms with E-state index in [1.165, 1.54) is 22.3 Å². The van der Waals surface area contributed by atoms with Crippen molar-refractivity contribution in [3.8, 4) is 16.9 Å². The Kier molecular flexibility index (Phi) is 6.28. The van der Waals surface area contributed by atoms with Crippen LogP contribution < -0.4 is 5.32 Å². The number of amides is 1. The zero-order valence-corrected chi connectivity index (χ0v) is 18.0. The van der Waals surface area contributed by atoms with Gasteiger partial charge < -0.3 is 15.2 Å². The van der Waals surface area contributed by atoms with Crippen molar-refractivity contribution < 1.29 is 14.6 Å². The Hall–Kier alpha value is -3.24. The molecule has 0 aromatic heterocycles. The van der Waals surface area contributed by atoms with Crippen LogP contribution in [-0.2, 0) is 4.74 Å². The second-order valence-electron chi connectivity index (χ2n) is 7.60. The van der Waals surface area contributed by atoms with Crippen molar-refractivity contribution in [3.05, 3.63) is 94.0 Å². The minimum Gasteiger partial charge on any atom is -0.507 e. The highest BCUT2D eigenvalue weighted by Crippen LogP contribution is 2.44. The molecule has 0 saturated carbocycles. The van der Waals surface area contributed by atoms with E-state index in [-0.39, 0.29) is 11.7 Å². The van der Waals surface area contributed by atoms with E-state index >= 15 is 0 Å². The first-order valence-corrected chi connectivity index (χ1v) is 10.7. The predicted octanol–water partition coefficient (Wildman–Crippen LogP) is 6.30. The highest BCUT2D eigenvalue weighted by atomic mass is 35.5. The molecular formula is C26H24ClNO3. The van der Waals surface area contributed by atoms with Gasteiger partial charge in [0.1, 0.15) is 12.4 Å². The van der Waals surface area contributed by atoms with Crippen molar-refractivity contribution in [3.63, 3.8) is 0 Å². The molecule has 1 aliphatic carbocycles. The number of aryl methyl sites for hydroxylation is 1. The second-order valence-corrected chi connectivity index (χ2v) is 8.04. The molecule has 5 heteroatoms. The number of aromatic hydroxyl groups is 1. The van der Waals surface area contributed by atoms with E-state index in [9.17, 15) is 9.90 Å². The first-order valence-electron chi connectivity index (χ1n) is 10.3. The Morgan fingerprint density at radius 1 is 1.10 bits per heavy atom. The molecule has 0 spiro atoms. The van der Waals surface area contributed by atoms with Gasteiger partial charge in [-0.25, -0.2) is 4.79 Å². The number of nitrogens with one attached hydrogen (secondary N) is 1. The van der Waals surface area contributed by atoms with Gasteiger partial charge in [0.2, 0.25) is 0 Å². The number of benzene rings is 3. The van der Waals surface area contributed by atoms with Crippen molar-refractivity contribution in [1.82, 2.24) is 5.32 Å². The maximum absolute atomic E-state index is 12.2. The Morgan fingerprint density at radius 2 is 1.74 bits per heavy atom. The summed E-state index contributed by atoms with van der Waals surface area (Å²) in [5, 5.41) is 13.4. The molecule has 0 unspecified atom stereocenters. The summed E-state index contributed by atoms with van der Waals surface area (Å²) in [6.45, 7) is 2.54. The van der Waals surface area contributed by atoms with Gasteiger partial charge in [0.25, 0.3) is 0 Å². The molecular weight excluding hydrogens is 410 g/mol. The van der Waals surface area contributed by atoms with Crippen LogP contribution in [0, 0.1) is 6.92 Å². The number of hydrogen-bond acceptors (Lipinski definition) is 3. The SMILES string of the molecule is Cc1cc(Cl)cc(C=CCCNC(=O)OCC2c3ccccc3-c3ccccc32)c1O. The minimum absolute atomic E-state index is 0.0482. The number of phenols is 1. The van der Waals surface area contributed by atoms with Crippen LogP contribution in [0.15, 0.2) is 66.7 Å². The van der Waals surface area contributed by atoms with Crippen LogP contribution in [0.3, 0.4) is 0 Å². The fourth-order valence-corrected chi connectivity index (χ4v) is 4.29. The van der Waals surface area contributed by atoms with Crippen LogP contribution in [0.25, 0.3) is 17.2 Å². The molecule has 0 heterocycles. The van der Waals surface area contributed by atoms with Gasteiger partial charge in [-0.2, -0.15) is 0 Å². The maximum atomic E-state index is 12.2. The molecule has 158 valence electrons. The number of phenolic OH excluding ortho intramolecular Hbond substituents is 1. The number of halogens is 1. The monoisotopic (exact) mass is 433 g/mol. The lowest BCUT2D eigenvalue weighted by Crippen LogP contribution is -2.26. The highest BCUT2D eigenvalue weighted by Gasteiger charge is 2.28. The maximum Gasteiger partial charge on any atom is 0.407 e. The molecule has 3 aromatic rings. The number of ether oxygens (including phenoxy) is 1. The van der Waals surface area contributed by atoms with E-state index in [2.05, 4.69) is 29.6 Å². The van der Waals surface area contributed by atoms with Crippen LogP contribution in [0.4, 0.5) is 4.79 Å². The number of fused-ring (bicyclic) bond motifs is 3. The van der Waals surface area contributed by atoms with Crippen molar-refractivity contribution in [2.45, 2.75) is 19.3 Å². The zero-order valence-electron chi connectivity index (χ0n) is 17.3. The lowest BCUT2D eigenvalue weighted by Gasteiger charge is -2.14. The summed E-state index contributed by atoms with van der Waals surface area (Å²) in [5.41, 5.74) is 6.18. The Morgan fingerprint density at radius 3 is 2.42 bits per heavy atom. The molecule has 4 nitrogen and oxygen atoms in total. The number of carbonyl (C=O) groups is 1. The molecule has 0 saturated heterocycles. The molecule has 0 fully saturated rings. The van der Waals surface area contributed by atoms with Crippen LogP contribution >= 0.6 is 11.6 Å². The van der Waals surface area contributed by atoms with Gasteiger partial charge in [-0.05, 0) is 53.3 Å². The highest BCUT2D eigenvalue weighted by molar-refractivity contribution is 6.30. The van der Waals surface area contributed by atoms with Gasteiger partial charge in [0.05, 0.1) is 0 Å². The Labute approximate surface area is 187 Å². The predicted molar refractivity (Wildman–Crippen MR) is 125 cm³/mol. The van der Waals surface area contributed by atoms with Gasteiger partial charge in [-0.3, -0.25) is 0 Å². The standard InChI is InChI=1S/C26H24ClNO3/c1-17-14-19(27)15-18(25(17)29)8-6-7-13-28-26(30)31-16-24-22-11-4-2-9-20(22)21-10-3-5-12-23(21)24/h2-6,8-12,14-15,24,29H,7,13,16H2,1H3,(H,28,30). The first kappa shape index (κ1) is 21.0. The van der Waals surface area contributed by atoms with Crippen LogP contribution in [0.2, 0.25) is 5.02 Å². The van der Waals surface area contributed by atoms with Crippen molar-refractivity contribution in [1.29, 1.82) is 0 Å². The number of carbonyl (C=O) groups excluding carboxylic acids is 1. The van der Waals surface area contributed by atoms with Gasteiger partial charge >= 0.3 is 6.09 Å². The van der Waals surface area contributed by atoms with Gasteiger partial charge in [0, 0.05) is 23.0 Å². The molecule has 0 bridgehead atoms. The summed E-state index contributed by atoms with van der Waals surface area (Å²) < 4.78 is 5.52. The molecule has 0 aliphatic heterocycles. The van der Waals surface area contributed by atoms with Gasteiger partial charge in [-0.1, -0.05) is 72.3 Å². The second kappa shape index (κ2) is 9.27. The van der Waals surface area contributed by atoms with E-state index in [4.69, 9.17) is 16.3 Å².